The molecule has 1 aromatic rings. The minimum absolute atomic E-state index is 0.00487. The summed E-state index contributed by atoms with van der Waals surface area (Å²) in [5.74, 6) is -0.215. The van der Waals surface area contributed by atoms with Gasteiger partial charge in [-0.1, -0.05) is 0 Å². The topological polar surface area (TPSA) is 50.8 Å². The van der Waals surface area contributed by atoms with Crippen molar-refractivity contribution in [3.05, 3.63) is 29.8 Å². The molecule has 0 aliphatic carbocycles. The van der Waals surface area contributed by atoms with Gasteiger partial charge in [-0.05, 0) is 43.7 Å². The zero-order valence-electron chi connectivity index (χ0n) is 12.7. The number of benzene rings is 1. The fourth-order valence-corrected chi connectivity index (χ4v) is 3.11. The SMILES string of the molecule is O=C(NC[C@@H]1CN2CCC[C@@H]2CO1)c1ccc(OC(F)F)cc1. The Labute approximate surface area is 133 Å². The number of halogens is 2. The van der Waals surface area contributed by atoms with Crippen molar-refractivity contribution in [2.75, 3.05) is 26.2 Å². The van der Waals surface area contributed by atoms with Crippen LogP contribution in [0.25, 0.3) is 0 Å². The van der Waals surface area contributed by atoms with Gasteiger partial charge in [0.2, 0.25) is 0 Å². The Kier molecular flexibility index (Phi) is 5.07. The Morgan fingerprint density at radius 2 is 2.17 bits per heavy atom. The summed E-state index contributed by atoms with van der Waals surface area (Å²) in [4.78, 5) is 14.5. The maximum absolute atomic E-state index is 12.1. The van der Waals surface area contributed by atoms with Gasteiger partial charge in [-0.25, -0.2) is 0 Å². The number of morpholine rings is 1. The molecule has 5 nitrogen and oxygen atoms in total. The van der Waals surface area contributed by atoms with E-state index in [0.717, 1.165) is 19.7 Å². The second-order valence-electron chi connectivity index (χ2n) is 5.86. The molecule has 2 aliphatic rings. The molecule has 126 valence electrons. The normalized spacial score (nSPS) is 24.5. The molecule has 2 saturated heterocycles. The molecule has 0 aromatic heterocycles. The second-order valence-corrected chi connectivity index (χ2v) is 5.86. The molecular weight excluding hydrogens is 306 g/mol. The average molecular weight is 326 g/mol. The van der Waals surface area contributed by atoms with Crippen LogP contribution in [-0.2, 0) is 4.74 Å². The number of hydrogen-bond acceptors (Lipinski definition) is 4. The van der Waals surface area contributed by atoms with Gasteiger partial charge in [-0.15, -0.1) is 0 Å². The van der Waals surface area contributed by atoms with Crippen LogP contribution < -0.4 is 10.1 Å². The third-order valence-corrected chi connectivity index (χ3v) is 4.29. The van der Waals surface area contributed by atoms with Gasteiger partial charge in [-0.2, -0.15) is 8.78 Å². The van der Waals surface area contributed by atoms with E-state index >= 15 is 0 Å². The number of alkyl halides is 2. The summed E-state index contributed by atoms with van der Waals surface area (Å²) >= 11 is 0. The zero-order chi connectivity index (χ0) is 16.2. The van der Waals surface area contributed by atoms with Crippen LogP contribution in [0.5, 0.6) is 5.75 Å². The van der Waals surface area contributed by atoms with Crippen LogP contribution in [0.2, 0.25) is 0 Å². The fourth-order valence-electron chi connectivity index (χ4n) is 3.11. The largest absolute Gasteiger partial charge is 0.435 e. The number of amides is 1. The molecule has 2 atom stereocenters. The minimum atomic E-state index is -2.87. The minimum Gasteiger partial charge on any atom is -0.435 e. The van der Waals surface area contributed by atoms with E-state index in [1.807, 2.05) is 0 Å². The number of carbonyl (C=O) groups excluding carboxylic acids is 1. The Hall–Kier alpha value is -1.73. The lowest BCUT2D eigenvalue weighted by molar-refractivity contribution is -0.0498. The average Bonchev–Trinajstić information content (AvgIpc) is 3.00. The van der Waals surface area contributed by atoms with E-state index in [1.54, 1.807) is 0 Å². The van der Waals surface area contributed by atoms with E-state index in [2.05, 4.69) is 15.0 Å². The molecule has 2 fully saturated rings. The molecule has 23 heavy (non-hydrogen) atoms. The predicted octanol–water partition coefficient (Wildman–Crippen LogP) is 1.88. The predicted molar refractivity (Wildman–Crippen MR) is 79.7 cm³/mol. The highest BCUT2D eigenvalue weighted by molar-refractivity contribution is 5.94. The maximum Gasteiger partial charge on any atom is 0.387 e. The lowest BCUT2D eigenvalue weighted by Crippen LogP contribution is -2.50. The number of rotatable bonds is 5. The highest BCUT2D eigenvalue weighted by Crippen LogP contribution is 2.22. The third-order valence-electron chi connectivity index (χ3n) is 4.29. The van der Waals surface area contributed by atoms with Crippen molar-refractivity contribution in [3.8, 4) is 5.75 Å². The van der Waals surface area contributed by atoms with Crippen LogP contribution in [0.3, 0.4) is 0 Å². The van der Waals surface area contributed by atoms with E-state index in [9.17, 15) is 13.6 Å². The molecule has 0 radical (unpaired) electrons. The van der Waals surface area contributed by atoms with Crippen molar-refractivity contribution in [1.29, 1.82) is 0 Å². The molecule has 1 N–H and O–H groups in total. The zero-order valence-corrected chi connectivity index (χ0v) is 12.7. The smallest absolute Gasteiger partial charge is 0.387 e. The molecule has 2 heterocycles. The van der Waals surface area contributed by atoms with Gasteiger partial charge in [0.1, 0.15) is 5.75 Å². The first kappa shape index (κ1) is 16.1. The summed E-state index contributed by atoms with van der Waals surface area (Å²) in [6.07, 6.45) is 2.39. The van der Waals surface area contributed by atoms with E-state index in [0.29, 0.717) is 18.2 Å². The fraction of sp³-hybridized carbons (Fsp3) is 0.562. The number of fused-ring (bicyclic) bond motifs is 1. The number of ether oxygens (including phenoxy) is 2. The van der Waals surface area contributed by atoms with Gasteiger partial charge in [0.15, 0.2) is 0 Å². The number of nitrogens with one attached hydrogen (secondary N) is 1. The quantitative estimate of drug-likeness (QED) is 0.898. The van der Waals surface area contributed by atoms with Crippen LogP contribution in [0.15, 0.2) is 24.3 Å². The van der Waals surface area contributed by atoms with Crippen molar-refractivity contribution < 1.29 is 23.0 Å². The Morgan fingerprint density at radius 3 is 2.91 bits per heavy atom. The van der Waals surface area contributed by atoms with Gasteiger partial charge < -0.3 is 14.8 Å². The standard InChI is InChI=1S/C16H20F2N2O3/c17-16(18)23-13-5-3-11(4-6-13)15(21)19-8-14-9-20-7-1-2-12(20)10-22-14/h3-6,12,14,16H,1-2,7-10H2,(H,19,21)/t12-,14-/m1/s1. The van der Waals surface area contributed by atoms with Crippen LogP contribution >= 0.6 is 0 Å². The summed E-state index contributed by atoms with van der Waals surface area (Å²) < 4.78 is 34.2. The van der Waals surface area contributed by atoms with Crippen LogP contribution in [0.4, 0.5) is 8.78 Å². The lowest BCUT2D eigenvalue weighted by atomic mass is 10.1. The Balaban J connectivity index is 1.47. The van der Waals surface area contributed by atoms with Crippen molar-refractivity contribution in [1.82, 2.24) is 10.2 Å². The van der Waals surface area contributed by atoms with Gasteiger partial charge in [-0.3, -0.25) is 9.69 Å². The van der Waals surface area contributed by atoms with E-state index in [4.69, 9.17) is 4.74 Å². The molecule has 0 spiro atoms. The highest BCUT2D eigenvalue weighted by Gasteiger charge is 2.32. The molecule has 1 aromatic carbocycles. The summed E-state index contributed by atoms with van der Waals surface area (Å²) in [5.41, 5.74) is 0.404. The van der Waals surface area contributed by atoms with Gasteiger partial charge in [0, 0.05) is 24.7 Å². The summed E-state index contributed by atoms with van der Waals surface area (Å²) in [7, 11) is 0. The number of carbonyl (C=O) groups is 1. The molecule has 0 unspecified atom stereocenters. The first-order chi connectivity index (χ1) is 11.1. The summed E-state index contributed by atoms with van der Waals surface area (Å²) in [6.45, 7) is 0.237. The number of nitrogens with zero attached hydrogens (tertiary/aromatic N) is 1. The Morgan fingerprint density at radius 1 is 1.39 bits per heavy atom. The van der Waals surface area contributed by atoms with Crippen LogP contribution in [0, 0.1) is 0 Å². The number of hydrogen-bond donors (Lipinski definition) is 1. The lowest BCUT2D eigenvalue weighted by Gasteiger charge is -2.35. The molecule has 3 rings (SSSR count). The molecular formula is C16H20F2N2O3. The first-order valence-corrected chi connectivity index (χ1v) is 7.80. The van der Waals surface area contributed by atoms with Crippen molar-refractivity contribution >= 4 is 5.91 Å². The van der Waals surface area contributed by atoms with Crippen LogP contribution in [0.1, 0.15) is 23.2 Å². The van der Waals surface area contributed by atoms with E-state index in [1.165, 1.54) is 37.1 Å². The van der Waals surface area contributed by atoms with Gasteiger partial charge in [0.05, 0.1) is 12.7 Å². The van der Waals surface area contributed by atoms with Crippen LogP contribution in [-0.4, -0.2) is 55.8 Å². The summed E-state index contributed by atoms with van der Waals surface area (Å²) in [6, 6.07) is 6.17. The molecule has 1 amide bonds. The maximum atomic E-state index is 12.1. The van der Waals surface area contributed by atoms with E-state index in [-0.39, 0.29) is 17.8 Å². The van der Waals surface area contributed by atoms with Crippen molar-refractivity contribution in [3.63, 3.8) is 0 Å². The monoisotopic (exact) mass is 326 g/mol. The first-order valence-electron chi connectivity index (χ1n) is 7.80. The van der Waals surface area contributed by atoms with Gasteiger partial charge in [0.25, 0.3) is 5.91 Å². The molecule has 0 bridgehead atoms. The second kappa shape index (κ2) is 7.23. The molecule has 7 heteroatoms. The van der Waals surface area contributed by atoms with Gasteiger partial charge >= 0.3 is 6.61 Å². The van der Waals surface area contributed by atoms with E-state index < -0.39 is 6.61 Å². The van der Waals surface area contributed by atoms with Crippen molar-refractivity contribution in [2.45, 2.75) is 31.6 Å². The highest BCUT2D eigenvalue weighted by atomic mass is 19.3. The third kappa shape index (κ3) is 4.17. The molecule has 2 aliphatic heterocycles. The Bertz CT molecular complexity index is 539. The van der Waals surface area contributed by atoms with Crippen molar-refractivity contribution in [2.24, 2.45) is 0 Å². The summed E-state index contributed by atoms with van der Waals surface area (Å²) in [5, 5.41) is 2.83. The molecule has 0 saturated carbocycles.